The summed E-state index contributed by atoms with van der Waals surface area (Å²) in [5.74, 6) is 0. The fourth-order valence-electron chi connectivity index (χ4n) is 0.511. The lowest BCUT2D eigenvalue weighted by atomic mass is 10.5. The lowest BCUT2D eigenvalue weighted by Gasteiger charge is -2.13. The first kappa shape index (κ1) is 7.27. The molecule has 0 unspecified atom stereocenters. The van der Waals surface area contributed by atoms with Gasteiger partial charge >= 0.3 is 6.03 Å². The van der Waals surface area contributed by atoms with Gasteiger partial charge in [-0.3, -0.25) is 0 Å². The molecule has 0 atom stereocenters. The van der Waals surface area contributed by atoms with E-state index >= 15 is 0 Å². The zero-order chi connectivity index (χ0) is 6.57. The van der Waals surface area contributed by atoms with Gasteiger partial charge < -0.3 is 4.90 Å². The van der Waals surface area contributed by atoms with Gasteiger partial charge in [-0.25, -0.2) is 10.5 Å². The normalized spacial score (nSPS) is 8.75. The molecule has 0 aromatic heterocycles. The van der Waals surface area contributed by atoms with Gasteiger partial charge in [-0.05, 0) is 13.8 Å². The molecule has 0 saturated carbocycles. The molecule has 0 heterocycles. The summed E-state index contributed by atoms with van der Waals surface area (Å²) < 4.78 is 0. The maximum absolute atomic E-state index is 10.2. The summed E-state index contributed by atoms with van der Waals surface area (Å²) in [7, 11) is 0. The van der Waals surface area contributed by atoms with E-state index in [0.29, 0.717) is 13.1 Å². The zero-order valence-electron chi connectivity index (χ0n) is 5.27. The molecule has 0 aromatic carbocycles. The Bertz CT molecular complexity index is 78.5. The Labute approximate surface area is 49.5 Å². The highest BCUT2D eigenvalue weighted by Gasteiger charge is 2.01. The van der Waals surface area contributed by atoms with Gasteiger partial charge in [0.15, 0.2) is 0 Å². The van der Waals surface area contributed by atoms with E-state index in [1.165, 1.54) is 4.90 Å². The van der Waals surface area contributed by atoms with Crippen LogP contribution in [0.1, 0.15) is 13.8 Å². The third-order valence-electron chi connectivity index (χ3n) is 1.05. The van der Waals surface area contributed by atoms with Crippen molar-refractivity contribution in [3.05, 3.63) is 0 Å². The number of hydrogen-bond acceptors (Lipinski definition) is 1. The number of hydrogen-bond donors (Lipinski definition) is 0. The Balaban J connectivity index is 3.52. The monoisotopic (exact) mass is 115 g/mol. The van der Waals surface area contributed by atoms with Crippen molar-refractivity contribution in [3.63, 3.8) is 0 Å². The average molecular weight is 115 g/mol. The second-order valence-electron chi connectivity index (χ2n) is 1.48. The molecule has 0 fully saturated rings. The lowest BCUT2D eigenvalue weighted by molar-refractivity contribution is 0.211. The smallest absolute Gasteiger partial charge is 0.324 e. The average Bonchev–Trinajstić information content (AvgIpc) is 1.69. The number of amides is 2. The third-order valence-corrected chi connectivity index (χ3v) is 1.05. The van der Waals surface area contributed by atoms with Gasteiger partial charge in [-0.15, -0.1) is 0 Å². The first-order chi connectivity index (χ1) is 3.72. The van der Waals surface area contributed by atoms with Crippen LogP contribution in [0.4, 0.5) is 4.79 Å². The molecule has 2 amide bonds. The predicted octanol–water partition coefficient (Wildman–Crippen LogP) is 0.731. The summed E-state index contributed by atoms with van der Waals surface area (Å²) in [5.41, 5.74) is 6.62. The second kappa shape index (κ2) is 3.29. The third kappa shape index (κ3) is 1.82. The molecule has 0 bridgehead atoms. The first-order valence-electron chi connectivity index (χ1n) is 2.72. The van der Waals surface area contributed by atoms with Gasteiger partial charge in [0.1, 0.15) is 0 Å². The van der Waals surface area contributed by atoms with Gasteiger partial charge in [-0.2, -0.15) is 0 Å². The summed E-state index contributed by atoms with van der Waals surface area (Å²) in [6, 6.07) is -0.588. The molecule has 1 N–H and O–H groups in total. The summed E-state index contributed by atoms with van der Waals surface area (Å²) in [4.78, 5) is 11.6. The number of urea groups is 1. The van der Waals surface area contributed by atoms with Gasteiger partial charge in [0.25, 0.3) is 0 Å². The van der Waals surface area contributed by atoms with E-state index in [0.717, 1.165) is 0 Å². The molecule has 1 radical (unpaired) electrons. The van der Waals surface area contributed by atoms with Crippen LogP contribution in [-0.4, -0.2) is 24.0 Å². The van der Waals surface area contributed by atoms with Gasteiger partial charge in [0, 0.05) is 13.1 Å². The van der Waals surface area contributed by atoms with Crippen LogP contribution in [0.25, 0.3) is 0 Å². The van der Waals surface area contributed by atoms with Crippen molar-refractivity contribution in [3.8, 4) is 0 Å². The molecule has 0 aliphatic carbocycles. The van der Waals surface area contributed by atoms with Crippen molar-refractivity contribution in [2.45, 2.75) is 13.8 Å². The van der Waals surface area contributed by atoms with Crippen molar-refractivity contribution in [2.75, 3.05) is 13.1 Å². The van der Waals surface area contributed by atoms with E-state index in [1.54, 1.807) is 0 Å². The largest absolute Gasteiger partial charge is 0.336 e. The number of carbonyl (C=O) groups excluding carboxylic acids is 1. The molecular weight excluding hydrogens is 104 g/mol. The van der Waals surface area contributed by atoms with E-state index < -0.39 is 6.03 Å². The van der Waals surface area contributed by atoms with Crippen LogP contribution in [0.3, 0.4) is 0 Å². The SMILES string of the molecule is CCN(CC)C([NH])=O. The summed E-state index contributed by atoms with van der Waals surface area (Å²) in [6.45, 7) is 4.99. The minimum Gasteiger partial charge on any atom is -0.324 e. The first-order valence-corrected chi connectivity index (χ1v) is 2.72. The molecule has 0 aliphatic rings. The summed E-state index contributed by atoms with van der Waals surface area (Å²) in [5, 5.41) is 0. The summed E-state index contributed by atoms with van der Waals surface area (Å²) >= 11 is 0. The van der Waals surface area contributed by atoms with E-state index in [2.05, 4.69) is 0 Å². The molecule has 47 valence electrons. The van der Waals surface area contributed by atoms with E-state index in [9.17, 15) is 4.79 Å². The Morgan fingerprint density at radius 2 is 1.88 bits per heavy atom. The quantitative estimate of drug-likeness (QED) is 0.523. The molecule has 8 heavy (non-hydrogen) atoms. The molecule has 0 rings (SSSR count). The lowest BCUT2D eigenvalue weighted by Crippen LogP contribution is -2.29. The van der Waals surface area contributed by atoms with Crippen LogP contribution < -0.4 is 5.73 Å². The molecular formula is C5H11N2O. The standard InChI is InChI=1S/C5H11N2O/c1-3-7(4-2)5(6)8/h6H,3-4H2,1-2H3. The van der Waals surface area contributed by atoms with Crippen LogP contribution in [0.15, 0.2) is 0 Å². The predicted molar refractivity (Wildman–Crippen MR) is 31.4 cm³/mol. The molecule has 3 heteroatoms. The number of rotatable bonds is 2. The number of nitrogens with zero attached hydrogens (tertiary/aromatic N) is 1. The summed E-state index contributed by atoms with van der Waals surface area (Å²) in [6.07, 6.45) is 0. The second-order valence-corrected chi connectivity index (χ2v) is 1.48. The van der Waals surface area contributed by atoms with Gasteiger partial charge in [0.05, 0.1) is 0 Å². The van der Waals surface area contributed by atoms with Crippen molar-refractivity contribution in [1.29, 1.82) is 0 Å². The van der Waals surface area contributed by atoms with Crippen LogP contribution in [0.5, 0.6) is 0 Å². The molecule has 0 aliphatic heterocycles. The fraction of sp³-hybridized carbons (Fsp3) is 0.800. The Morgan fingerprint density at radius 1 is 1.50 bits per heavy atom. The highest BCUT2D eigenvalue weighted by Crippen LogP contribution is 1.84. The Hall–Kier alpha value is -0.730. The highest BCUT2D eigenvalue weighted by molar-refractivity contribution is 5.70. The molecule has 0 aromatic rings. The number of carbonyl (C=O) groups is 1. The molecule has 0 saturated heterocycles. The van der Waals surface area contributed by atoms with Crippen molar-refractivity contribution in [2.24, 2.45) is 0 Å². The Kier molecular flexibility index (Phi) is 2.99. The highest BCUT2D eigenvalue weighted by atomic mass is 16.2. The van der Waals surface area contributed by atoms with E-state index in [4.69, 9.17) is 5.73 Å². The molecule has 3 nitrogen and oxygen atoms in total. The van der Waals surface area contributed by atoms with Crippen molar-refractivity contribution < 1.29 is 4.79 Å². The van der Waals surface area contributed by atoms with Crippen LogP contribution in [0.2, 0.25) is 0 Å². The van der Waals surface area contributed by atoms with Crippen molar-refractivity contribution in [1.82, 2.24) is 10.6 Å². The minimum atomic E-state index is -0.588. The minimum absolute atomic E-state index is 0.588. The topological polar surface area (TPSA) is 44.1 Å². The molecule has 0 spiro atoms. The van der Waals surface area contributed by atoms with Crippen LogP contribution in [0, 0.1) is 0 Å². The van der Waals surface area contributed by atoms with E-state index in [-0.39, 0.29) is 0 Å². The number of nitrogens with one attached hydrogen (secondary N) is 1. The van der Waals surface area contributed by atoms with Crippen LogP contribution in [-0.2, 0) is 0 Å². The fourth-order valence-corrected chi connectivity index (χ4v) is 0.511. The zero-order valence-corrected chi connectivity index (χ0v) is 5.27. The van der Waals surface area contributed by atoms with E-state index in [1.807, 2.05) is 13.8 Å². The maximum atomic E-state index is 10.2. The maximum Gasteiger partial charge on any atom is 0.336 e. The Morgan fingerprint density at radius 3 is 1.88 bits per heavy atom. The van der Waals surface area contributed by atoms with Crippen LogP contribution >= 0.6 is 0 Å². The van der Waals surface area contributed by atoms with Gasteiger partial charge in [0.2, 0.25) is 0 Å². The van der Waals surface area contributed by atoms with Gasteiger partial charge in [-0.1, -0.05) is 0 Å². The van der Waals surface area contributed by atoms with Crippen molar-refractivity contribution >= 4 is 6.03 Å².